The van der Waals surface area contributed by atoms with Gasteiger partial charge in [0.25, 0.3) is 5.91 Å². The van der Waals surface area contributed by atoms with Crippen LogP contribution in [-0.4, -0.2) is 19.0 Å². The van der Waals surface area contributed by atoms with E-state index in [2.05, 4.69) is 10.6 Å². The van der Waals surface area contributed by atoms with E-state index in [9.17, 15) is 9.59 Å². The van der Waals surface area contributed by atoms with Crippen molar-refractivity contribution in [1.82, 2.24) is 10.6 Å². The van der Waals surface area contributed by atoms with Crippen molar-refractivity contribution in [2.24, 2.45) is 0 Å². The van der Waals surface area contributed by atoms with Gasteiger partial charge in [-0.15, -0.1) is 0 Å². The van der Waals surface area contributed by atoms with Gasteiger partial charge in [0.2, 0.25) is 0 Å². The second kappa shape index (κ2) is 7.68. The normalized spacial score (nSPS) is 15.0. The molecule has 8 heteroatoms. The minimum absolute atomic E-state index is 0.165. The lowest BCUT2D eigenvalue weighted by Crippen LogP contribution is -2.22. The number of nitrogens with one attached hydrogen (secondary N) is 2. The summed E-state index contributed by atoms with van der Waals surface area (Å²) in [5.41, 5.74) is 1.62. The van der Waals surface area contributed by atoms with Crippen LogP contribution in [0.25, 0.3) is 6.08 Å². The number of hydrogen-bond donors (Lipinski definition) is 2. The van der Waals surface area contributed by atoms with Crippen LogP contribution < -0.4 is 20.1 Å². The van der Waals surface area contributed by atoms with Crippen molar-refractivity contribution in [2.75, 3.05) is 7.11 Å². The number of hydrogen-bond acceptors (Lipinski definition) is 4. The maximum atomic E-state index is 11.6. The third-order valence-corrected chi connectivity index (χ3v) is 4.20. The van der Waals surface area contributed by atoms with Crippen LogP contribution in [0, 0.1) is 0 Å². The highest BCUT2D eigenvalue weighted by Gasteiger charge is 2.22. The Morgan fingerprint density at radius 1 is 1.04 bits per heavy atom. The Balaban J connectivity index is 1.77. The molecule has 0 unspecified atom stereocenters. The number of rotatable bonds is 5. The number of carbonyl (C=O) groups excluding carboxylic acids is 2. The first-order valence-electron chi connectivity index (χ1n) is 7.55. The van der Waals surface area contributed by atoms with Crippen molar-refractivity contribution in [1.29, 1.82) is 0 Å². The number of imide groups is 1. The lowest BCUT2D eigenvalue weighted by Gasteiger charge is -2.12. The van der Waals surface area contributed by atoms with Crippen LogP contribution in [0.1, 0.15) is 11.1 Å². The van der Waals surface area contributed by atoms with Crippen LogP contribution >= 0.6 is 23.2 Å². The number of amides is 3. The molecular weight excluding hydrogens is 379 g/mol. The number of halogens is 2. The van der Waals surface area contributed by atoms with Gasteiger partial charge in [0.05, 0.1) is 7.11 Å². The molecule has 2 aromatic carbocycles. The highest BCUT2D eigenvalue weighted by molar-refractivity contribution is 6.35. The van der Waals surface area contributed by atoms with Crippen LogP contribution in [0.4, 0.5) is 4.79 Å². The standard InChI is InChI=1S/C18H14Cl2N2O4/c1-25-16-7-10(6-14-17(23)22-18(24)21-14)2-5-15(16)26-9-11-3-4-12(19)8-13(11)20/h2-8H,9H2,1H3,(H2,21,22,23,24)/b14-6-. The molecule has 1 aliphatic heterocycles. The highest BCUT2D eigenvalue weighted by atomic mass is 35.5. The van der Waals surface area contributed by atoms with Crippen molar-refractivity contribution in [3.8, 4) is 11.5 Å². The largest absolute Gasteiger partial charge is 0.493 e. The maximum Gasteiger partial charge on any atom is 0.326 e. The van der Waals surface area contributed by atoms with E-state index >= 15 is 0 Å². The number of urea groups is 1. The summed E-state index contributed by atoms with van der Waals surface area (Å²) in [5, 5.41) is 5.63. The number of carbonyl (C=O) groups is 2. The molecule has 6 nitrogen and oxygen atoms in total. The summed E-state index contributed by atoms with van der Waals surface area (Å²) in [6, 6.07) is 9.78. The molecule has 3 rings (SSSR count). The Kier molecular flexibility index (Phi) is 5.35. The monoisotopic (exact) mass is 392 g/mol. The Morgan fingerprint density at radius 3 is 2.50 bits per heavy atom. The van der Waals surface area contributed by atoms with Crippen LogP contribution in [0.2, 0.25) is 10.0 Å². The fourth-order valence-electron chi connectivity index (χ4n) is 2.34. The molecule has 2 N–H and O–H groups in total. The van der Waals surface area contributed by atoms with E-state index in [4.69, 9.17) is 32.7 Å². The van der Waals surface area contributed by atoms with Gasteiger partial charge in [-0.1, -0.05) is 35.3 Å². The van der Waals surface area contributed by atoms with Gasteiger partial charge in [-0.25, -0.2) is 4.79 Å². The Morgan fingerprint density at radius 2 is 1.85 bits per heavy atom. The van der Waals surface area contributed by atoms with Crippen molar-refractivity contribution in [2.45, 2.75) is 6.61 Å². The van der Waals surface area contributed by atoms with Crippen LogP contribution in [0.5, 0.6) is 11.5 Å². The molecule has 1 saturated heterocycles. The molecule has 0 spiro atoms. The Labute approximate surface area is 159 Å². The third kappa shape index (κ3) is 4.09. The van der Waals surface area contributed by atoms with Crippen molar-refractivity contribution in [3.05, 3.63) is 63.3 Å². The van der Waals surface area contributed by atoms with E-state index in [1.54, 1.807) is 42.5 Å². The predicted octanol–water partition coefficient (Wildman–Crippen LogP) is 3.76. The van der Waals surface area contributed by atoms with Crippen molar-refractivity contribution < 1.29 is 19.1 Å². The lowest BCUT2D eigenvalue weighted by molar-refractivity contribution is -0.115. The van der Waals surface area contributed by atoms with Gasteiger partial charge in [0.15, 0.2) is 11.5 Å². The lowest BCUT2D eigenvalue weighted by atomic mass is 10.1. The zero-order valence-corrected chi connectivity index (χ0v) is 15.1. The second-order valence-electron chi connectivity index (χ2n) is 5.40. The van der Waals surface area contributed by atoms with Crippen LogP contribution in [0.15, 0.2) is 42.1 Å². The van der Waals surface area contributed by atoms with E-state index in [-0.39, 0.29) is 12.3 Å². The molecule has 0 atom stereocenters. The number of methoxy groups -OCH3 is 1. The van der Waals surface area contributed by atoms with Gasteiger partial charge in [-0.05, 0) is 35.9 Å². The molecule has 1 aliphatic rings. The molecule has 2 aromatic rings. The molecule has 1 fully saturated rings. The molecule has 0 aromatic heterocycles. The van der Waals surface area contributed by atoms with Gasteiger partial charge < -0.3 is 14.8 Å². The first-order chi connectivity index (χ1) is 12.5. The van der Waals surface area contributed by atoms with Gasteiger partial charge >= 0.3 is 6.03 Å². The fraction of sp³-hybridized carbons (Fsp3) is 0.111. The maximum absolute atomic E-state index is 11.6. The summed E-state index contributed by atoms with van der Waals surface area (Å²) >= 11 is 12.0. The van der Waals surface area contributed by atoms with E-state index in [1.807, 2.05) is 0 Å². The first kappa shape index (κ1) is 18.1. The van der Waals surface area contributed by atoms with E-state index in [0.29, 0.717) is 27.1 Å². The van der Waals surface area contributed by atoms with Gasteiger partial charge in [0, 0.05) is 15.6 Å². The zero-order valence-electron chi connectivity index (χ0n) is 13.6. The predicted molar refractivity (Wildman–Crippen MR) is 98.4 cm³/mol. The van der Waals surface area contributed by atoms with Crippen LogP contribution in [0.3, 0.4) is 0 Å². The molecule has 0 aliphatic carbocycles. The summed E-state index contributed by atoms with van der Waals surface area (Å²) in [4.78, 5) is 22.7. The Bertz CT molecular complexity index is 912. The van der Waals surface area contributed by atoms with E-state index in [0.717, 1.165) is 5.56 Å². The van der Waals surface area contributed by atoms with Crippen LogP contribution in [-0.2, 0) is 11.4 Å². The van der Waals surface area contributed by atoms with Crippen molar-refractivity contribution >= 4 is 41.2 Å². The number of ether oxygens (including phenoxy) is 2. The summed E-state index contributed by atoms with van der Waals surface area (Å²) in [6.45, 7) is 0.241. The summed E-state index contributed by atoms with van der Waals surface area (Å²) in [7, 11) is 1.51. The minimum Gasteiger partial charge on any atom is -0.493 e. The molecule has 0 radical (unpaired) electrons. The topological polar surface area (TPSA) is 76.7 Å². The quantitative estimate of drug-likeness (QED) is 0.599. The van der Waals surface area contributed by atoms with E-state index in [1.165, 1.54) is 7.11 Å². The van der Waals surface area contributed by atoms with E-state index < -0.39 is 11.9 Å². The molecular formula is C18H14Cl2N2O4. The molecule has 3 amide bonds. The second-order valence-corrected chi connectivity index (χ2v) is 6.24. The molecule has 134 valence electrons. The fourth-order valence-corrected chi connectivity index (χ4v) is 2.80. The summed E-state index contributed by atoms with van der Waals surface area (Å²) in [6.07, 6.45) is 1.54. The highest BCUT2D eigenvalue weighted by Crippen LogP contribution is 2.31. The average molecular weight is 393 g/mol. The molecule has 26 heavy (non-hydrogen) atoms. The minimum atomic E-state index is -0.548. The smallest absolute Gasteiger partial charge is 0.326 e. The van der Waals surface area contributed by atoms with Gasteiger partial charge in [0.1, 0.15) is 12.3 Å². The molecule has 1 heterocycles. The summed E-state index contributed by atoms with van der Waals surface area (Å²) < 4.78 is 11.1. The first-order valence-corrected chi connectivity index (χ1v) is 8.30. The molecule has 0 bridgehead atoms. The van der Waals surface area contributed by atoms with Gasteiger partial charge in [-0.3, -0.25) is 10.1 Å². The average Bonchev–Trinajstić information content (AvgIpc) is 2.92. The molecule has 0 saturated carbocycles. The van der Waals surface area contributed by atoms with Gasteiger partial charge in [-0.2, -0.15) is 0 Å². The Hall–Kier alpha value is -2.70. The zero-order chi connectivity index (χ0) is 18.7. The third-order valence-electron chi connectivity index (χ3n) is 3.62. The summed E-state index contributed by atoms with van der Waals surface area (Å²) in [5.74, 6) is 0.515. The SMILES string of the molecule is COc1cc(/C=C2\NC(=O)NC2=O)ccc1OCc1ccc(Cl)cc1Cl. The van der Waals surface area contributed by atoms with Crippen molar-refractivity contribution in [3.63, 3.8) is 0 Å². The number of benzene rings is 2.